The van der Waals surface area contributed by atoms with Crippen LogP contribution in [0.15, 0.2) is 0 Å². The molecule has 0 spiro atoms. The fourth-order valence-electron chi connectivity index (χ4n) is 1.52. The molecule has 2 N–H and O–H groups in total. The Hall–Kier alpha value is -1.28. The number of nitrogens with two attached hydrogens (primary N) is 1. The van der Waals surface area contributed by atoms with Crippen LogP contribution in [0.2, 0.25) is 0 Å². The molecule has 0 amide bonds. The average Bonchev–Trinajstić information content (AvgIpc) is 2.55. The number of nitriles is 1. The van der Waals surface area contributed by atoms with Gasteiger partial charge in [-0.2, -0.15) is 9.64 Å². The molecule has 0 saturated heterocycles. The van der Waals surface area contributed by atoms with Crippen LogP contribution >= 0.6 is 11.5 Å². The fraction of sp³-hybridized carbons (Fsp3) is 0.636. The number of rotatable bonds is 4. The van der Waals surface area contributed by atoms with Gasteiger partial charge in [0, 0.05) is 12.6 Å². The predicted octanol–water partition coefficient (Wildman–Crippen LogP) is 2.47. The first-order chi connectivity index (χ1) is 7.47. The zero-order valence-corrected chi connectivity index (χ0v) is 11.0. The van der Waals surface area contributed by atoms with E-state index in [2.05, 4.69) is 43.0 Å². The molecule has 0 saturated carbocycles. The molecule has 0 aliphatic heterocycles. The van der Waals surface area contributed by atoms with Gasteiger partial charge < -0.3 is 10.6 Å². The van der Waals surface area contributed by atoms with E-state index in [0.717, 1.165) is 11.5 Å². The number of aromatic nitrogens is 1. The number of anilines is 2. The fourth-order valence-corrected chi connectivity index (χ4v) is 2.42. The normalized spacial score (nSPS) is 10.8. The van der Waals surface area contributed by atoms with Crippen molar-refractivity contribution in [2.45, 2.75) is 33.7 Å². The summed E-state index contributed by atoms with van der Waals surface area (Å²) in [7, 11) is 0. The molecule has 0 bridgehead atoms. The molecule has 0 atom stereocenters. The van der Waals surface area contributed by atoms with Gasteiger partial charge in [-0.1, -0.05) is 13.8 Å². The molecule has 1 rings (SSSR count). The predicted molar refractivity (Wildman–Crippen MR) is 68.6 cm³/mol. The average molecular weight is 238 g/mol. The van der Waals surface area contributed by atoms with Crippen molar-refractivity contribution >= 4 is 22.4 Å². The van der Waals surface area contributed by atoms with Crippen molar-refractivity contribution in [2.75, 3.05) is 17.2 Å². The van der Waals surface area contributed by atoms with Crippen LogP contribution < -0.4 is 10.6 Å². The first-order valence-electron chi connectivity index (χ1n) is 5.39. The van der Waals surface area contributed by atoms with Crippen molar-refractivity contribution in [1.29, 1.82) is 5.26 Å². The second-order valence-electron chi connectivity index (χ2n) is 4.50. The van der Waals surface area contributed by atoms with Gasteiger partial charge in [0.15, 0.2) is 5.82 Å². The lowest BCUT2D eigenvalue weighted by atomic mass is 10.1. The summed E-state index contributed by atoms with van der Waals surface area (Å²) in [6.07, 6.45) is 0. The zero-order valence-electron chi connectivity index (χ0n) is 10.2. The molecular weight excluding hydrogens is 220 g/mol. The van der Waals surface area contributed by atoms with Crippen molar-refractivity contribution in [2.24, 2.45) is 5.92 Å². The number of nitrogens with zero attached hydrogens (tertiary/aromatic N) is 3. The van der Waals surface area contributed by atoms with E-state index in [0.29, 0.717) is 23.3 Å². The summed E-state index contributed by atoms with van der Waals surface area (Å²) in [4.78, 5) is 2.19. The Labute approximate surface area is 101 Å². The molecule has 0 fully saturated rings. The number of hydrogen-bond acceptors (Lipinski definition) is 5. The van der Waals surface area contributed by atoms with Crippen LogP contribution in [0, 0.1) is 17.2 Å². The van der Waals surface area contributed by atoms with Crippen LogP contribution in [-0.2, 0) is 0 Å². The van der Waals surface area contributed by atoms with Crippen molar-refractivity contribution in [1.82, 2.24) is 4.37 Å². The van der Waals surface area contributed by atoms with Gasteiger partial charge in [-0.25, -0.2) is 0 Å². The molecule has 0 aliphatic carbocycles. The third kappa shape index (κ3) is 2.64. The summed E-state index contributed by atoms with van der Waals surface area (Å²) in [5.41, 5.74) is 6.18. The largest absolute Gasteiger partial charge is 0.382 e. The SMILES string of the molecule is CC(C)CN(c1snc(N)c1C#N)C(C)C. The molecular formula is C11H18N4S. The highest BCUT2D eigenvalue weighted by Crippen LogP contribution is 2.31. The molecule has 1 aromatic rings. The maximum Gasteiger partial charge on any atom is 0.157 e. The Kier molecular flexibility index (Phi) is 4.13. The van der Waals surface area contributed by atoms with Gasteiger partial charge in [0.1, 0.15) is 16.6 Å². The maximum absolute atomic E-state index is 9.06. The van der Waals surface area contributed by atoms with Crippen LogP contribution in [0.1, 0.15) is 33.3 Å². The van der Waals surface area contributed by atoms with Crippen molar-refractivity contribution in [3.63, 3.8) is 0 Å². The van der Waals surface area contributed by atoms with Gasteiger partial charge in [-0.15, -0.1) is 0 Å². The molecule has 88 valence electrons. The Morgan fingerprint density at radius 2 is 2.06 bits per heavy atom. The summed E-state index contributed by atoms with van der Waals surface area (Å²) in [5.74, 6) is 0.883. The van der Waals surface area contributed by atoms with Crippen molar-refractivity contribution < 1.29 is 0 Å². The zero-order chi connectivity index (χ0) is 12.3. The molecule has 1 aromatic heterocycles. The molecule has 0 radical (unpaired) electrons. The number of hydrogen-bond donors (Lipinski definition) is 1. The standard InChI is InChI=1S/C11H18N4S/c1-7(2)6-15(8(3)4)11-9(5-12)10(13)14-16-11/h7-8H,6H2,1-4H3,(H2,13,14). The van der Waals surface area contributed by atoms with Gasteiger partial charge >= 0.3 is 0 Å². The molecule has 0 unspecified atom stereocenters. The lowest BCUT2D eigenvalue weighted by Crippen LogP contribution is -2.34. The summed E-state index contributed by atoms with van der Waals surface area (Å²) >= 11 is 1.31. The Bertz CT molecular complexity index is 389. The van der Waals surface area contributed by atoms with Crippen molar-refractivity contribution in [3.8, 4) is 6.07 Å². The van der Waals surface area contributed by atoms with E-state index in [4.69, 9.17) is 11.0 Å². The third-order valence-electron chi connectivity index (χ3n) is 2.26. The van der Waals surface area contributed by atoms with Crippen LogP contribution in [0.4, 0.5) is 10.8 Å². The minimum atomic E-state index is 0.342. The molecule has 0 aliphatic rings. The minimum absolute atomic E-state index is 0.342. The lowest BCUT2D eigenvalue weighted by Gasteiger charge is -2.29. The van der Waals surface area contributed by atoms with E-state index >= 15 is 0 Å². The molecule has 0 aromatic carbocycles. The second kappa shape index (κ2) is 5.17. The van der Waals surface area contributed by atoms with Crippen molar-refractivity contribution in [3.05, 3.63) is 5.56 Å². The van der Waals surface area contributed by atoms with Crippen LogP contribution in [-0.4, -0.2) is 17.0 Å². The third-order valence-corrected chi connectivity index (χ3v) is 3.16. The van der Waals surface area contributed by atoms with Crippen LogP contribution in [0.25, 0.3) is 0 Å². The van der Waals surface area contributed by atoms with E-state index in [1.807, 2.05) is 0 Å². The van der Waals surface area contributed by atoms with Gasteiger partial charge in [-0.3, -0.25) is 0 Å². The molecule has 4 nitrogen and oxygen atoms in total. The summed E-state index contributed by atoms with van der Waals surface area (Å²) in [6.45, 7) is 9.45. The van der Waals surface area contributed by atoms with Gasteiger partial charge in [0.2, 0.25) is 0 Å². The Morgan fingerprint density at radius 3 is 2.50 bits per heavy atom. The van der Waals surface area contributed by atoms with Gasteiger partial charge in [0.25, 0.3) is 0 Å². The highest BCUT2D eigenvalue weighted by atomic mass is 32.1. The van der Waals surface area contributed by atoms with E-state index in [9.17, 15) is 0 Å². The summed E-state index contributed by atoms with van der Waals surface area (Å²) in [5, 5.41) is 9.96. The lowest BCUT2D eigenvalue weighted by molar-refractivity contribution is 0.574. The minimum Gasteiger partial charge on any atom is -0.382 e. The van der Waals surface area contributed by atoms with E-state index in [1.54, 1.807) is 0 Å². The highest BCUT2D eigenvalue weighted by Gasteiger charge is 2.20. The number of nitrogen functional groups attached to an aromatic ring is 1. The summed E-state index contributed by atoms with van der Waals surface area (Å²) < 4.78 is 4.05. The molecule has 5 heteroatoms. The molecule has 16 heavy (non-hydrogen) atoms. The van der Waals surface area contributed by atoms with E-state index < -0.39 is 0 Å². The summed E-state index contributed by atoms with van der Waals surface area (Å²) in [6, 6.07) is 2.48. The first-order valence-corrected chi connectivity index (χ1v) is 6.16. The van der Waals surface area contributed by atoms with E-state index in [-0.39, 0.29) is 0 Å². The highest BCUT2D eigenvalue weighted by molar-refractivity contribution is 7.10. The maximum atomic E-state index is 9.06. The van der Waals surface area contributed by atoms with E-state index in [1.165, 1.54) is 11.5 Å². The smallest absolute Gasteiger partial charge is 0.157 e. The van der Waals surface area contributed by atoms with Crippen LogP contribution in [0.5, 0.6) is 0 Å². The Morgan fingerprint density at radius 1 is 1.44 bits per heavy atom. The van der Waals surface area contributed by atoms with Gasteiger partial charge in [-0.05, 0) is 31.3 Å². The second-order valence-corrected chi connectivity index (χ2v) is 5.25. The first kappa shape index (κ1) is 12.8. The molecule has 1 heterocycles. The van der Waals surface area contributed by atoms with Gasteiger partial charge in [0.05, 0.1) is 0 Å². The van der Waals surface area contributed by atoms with Crippen LogP contribution in [0.3, 0.4) is 0 Å². The topological polar surface area (TPSA) is 65.9 Å². The Balaban J connectivity index is 3.07. The monoisotopic (exact) mass is 238 g/mol. The quantitative estimate of drug-likeness (QED) is 0.875.